The van der Waals surface area contributed by atoms with Crippen LogP contribution in [0.25, 0.3) is 0 Å². The summed E-state index contributed by atoms with van der Waals surface area (Å²) in [4.78, 5) is 0. The van der Waals surface area contributed by atoms with Crippen LogP contribution in [0.15, 0.2) is 0 Å². The van der Waals surface area contributed by atoms with Gasteiger partial charge < -0.3 is 0 Å². The highest BCUT2D eigenvalue weighted by Crippen LogP contribution is 3.16. The quantitative estimate of drug-likeness (QED) is 0.424. The van der Waals surface area contributed by atoms with Gasteiger partial charge in [0.2, 0.25) is 0 Å². The topological polar surface area (TPSA) is 22.7 Å². The lowest BCUT2D eigenvalue weighted by atomic mass is 8.84. The molecule has 0 aromatic heterocycles. The average molecular weight is 461 g/mol. The van der Waals surface area contributed by atoms with Crippen LogP contribution in [0, 0.1) is 5.92 Å². The van der Waals surface area contributed by atoms with Crippen LogP contribution in [0.1, 0.15) is 0 Å². The van der Waals surface area contributed by atoms with E-state index in [4.69, 9.17) is 0 Å². The highest BCUT2D eigenvalue weighted by molar-refractivity contribution is 5.95. The molecule has 7 nitrogen and oxygen atoms in total. The molecule has 6 aliphatic carbocycles. The molecule has 6 fully saturated rings. The Hall–Kier alpha value is -1.26. The molecule has 0 aromatic rings. The van der Waals surface area contributed by atoms with Crippen molar-refractivity contribution in [2.24, 2.45) is 5.92 Å². The van der Waals surface area contributed by atoms with E-state index in [0.717, 1.165) is 0 Å². The average Bonchev–Trinajstić information content (AvgIpc) is 2.56. The van der Waals surface area contributed by atoms with Crippen molar-refractivity contribution >= 4 is 0 Å². The minimum atomic E-state index is -4.98. The van der Waals surface area contributed by atoms with E-state index >= 15 is 0 Å². The molecule has 0 N–H and O–H groups in total. The normalized spacial score (nSPS) is 58.0. The van der Waals surface area contributed by atoms with E-state index in [2.05, 4.69) is 0 Å². The van der Waals surface area contributed by atoms with Crippen molar-refractivity contribution in [3.8, 4) is 0 Å². The highest BCUT2D eigenvalue weighted by atomic mass is 19.4. The summed E-state index contributed by atoms with van der Waals surface area (Å²) < 4.78 is 191. The molecule has 0 saturated heterocycles. The van der Waals surface area contributed by atoms with Crippen molar-refractivity contribution in [1.82, 2.24) is 37.4 Å². The summed E-state index contributed by atoms with van der Waals surface area (Å²) in [5, 5.41) is -18.9. The van der Waals surface area contributed by atoms with E-state index in [1.807, 2.05) is 0 Å². The van der Waals surface area contributed by atoms with Crippen molar-refractivity contribution in [1.29, 1.82) is 0 Å². The molecule has 0 atom stereocenters. The van der Waals surface area contributed by atoms with Gasteiger partial charge in [-0.25, -0.2) is 0 Å². The van der Waals surface area contributed by atoms with Crippen molar-refractivity contribution in [2.75, 3.05) is 0 Å². The monoisotopic (exact) mass is 461 g/mol. The number of hydrogen-bond acceptors (Lipinski definition) is 7. The molecule has 0 amide bonds. The summed E-state index contributed by atoms with van der Waals surface area (Å²) in [6.45, 7) is 0. The third-order valence-electron chi connectivity index (χ3n) is 7.95. The molecule has 0 aliphatic heterocycles. The van der Waals surface area contributed by atoms with E-state index in [0.29, 0.717) is 0 Å². The molecule has 6 saturated carbocycles. The van der Waals surface area contributed by atoms with Crippen LogP contribution in [0.2, 0.25) is 0 Å². The number of nitrogens with zero attached hydrogens (tertiary/aromatic N) is 7. The van der Waals surface area contributed by atoms with Gasteiger partial charge in [-0.15, -0.1) is 62.7 Å². The Morgan fingerprint density at radius 3 is 0.655 bits per heavy atom. The standard InChI is InChI=1S/C8HF14N7/c9-23(10)2-1-3(24(11)12)5(2,26(15)16)8(29(21)22)6(2,27(17)18)4(1,25(13)14)7(3,8)28(19)20/h1H. The molecular formula is C8HF14N7. The molecule has 0 bridgehead atoms. The van der Waals surface area contributed by atoms with Crippen LogP contribution in [-0.2, 0) is 0 Å². The summed E-state index contributed by atoms with van der Waals surface area (Å²) in [7, 11) is 0. The largest absolute Gasteiger partial charge is 0.167 e. The molecule has 0 radical (unpaired) electrons. The predicted molar refractivity (Wildman–Crippen MR) is 51.0 cm³/mol. The van der Waals surface area contributed by atoms with E-state index in [1.54, 1.807) is 0 Å². The summed E-state index contributed by atoms with van der Waals surface area (Å²) in [6, 6.07) is 0. The molecule has 21 heteroatoms. The van der Waals surface area contributed by atoms with Crippen molar-refractivity contribution in [2.45, 2.75) is 38.8 Å². The first-order valence-electron chi connectivity index (χ1n) is 7.05. The van der Waals surface area contributed by atoms with E-state index < -0.39 is 82.1 Å². The van der Waals surface area contributed by atoms with Gasteiger partial charge in [-0.3, -0.25) is 0 Å². The van der Waals surface area contributed by atoms with Crippen LogP contribution in [0.5, 0.6) is 0 Å². The zero-order chi connectivity index (χ0) is 22.1. The number of hydrogen-bond donors (Lipinski definition) is 0. The van der Waals surface area contributed by atoms with Gasteiger partial charge in [-0.1, -0.05) is 0 Å². The lowest BCUT2D eigenvalue weighted by molar-refractivity contribution is -0.837. The Balaban J connectivity index is 1.95. The van der Waals surface area contributed by atoms with Crippen molar-refractivity contribution in [3.05, 3.63) is 0 Å². The Kier molecular flexibility index (Phi) is 2.87. The second-order valence-corrected chi connectivity index (χ2v) is 7.20. The fourth-order valence-electron chi connectivity index (χ4n) is 8.37. The fraction of sp³-hybridized carbons (Fsp3) is 1.00. The van der Waals surface area contributed by atoms with Gasteiger partial charge in [0.25, 0.3) is 0 Å². The van der Waals surface area contributed by atoms with Crippen LogP contribution in [0.3, 0.4) is 0 Å². The maximum atomic E-state index is 13.7. The van der Waals surface area contributed by atoms with Crippen LogP contribution >= 0.6 is 0 Å². The van der Waals surface area contributed by atoms with Gasteiger partial charge in [0.15, 0.2) is 22.2 Å². The molecule has 0 heterocycles. The van der Waals surface area contributed by atoms with Crippen LogP contribution < -0.4 is 0 Å². The lowest BCUT2D eigenvalue weighted by Gasteiger charge is -3.20. The molecule has 0 spiro atoms. The summed E-state index contributed by atoms with van der Waals surface area (Å²) in [5.41, 5.74) is -32.8. The summed E-state index contributed by atoms with van der Waals surface area (Å²) >= 11 is 0. The van der Waals surface area contributed by atoms with Gasteiger partial charge >= 0.3 is 0 Å². The first kappa shape index (κ1) is 19.7. The van der Waals surface area contributed by atoms with E-state index in [9.17, 15) is 62.7 Å². The molecule has 29 heavy (non-hydrogen) atoms. The van der Waals surface area contributed by atoms with E-state index in [1.165, 1.54) is 0 Å². The van der Waals surface area contributed by atoms with Crippen LogP contribution in [-0.4, -0.2) is 76.2 Å². The molecule has 6 rings (SSSR count). The van der Waals surface area contributed by atoms with Gasteiger partial charge in [-0.05, 0) is 0 Å². The highest BCUT2D eigenvalue weighted by Gasteiger charge is 3.47. The molecule has 166 valence electrons. The number of halogens is 14. The second kappa shape index (κ2) is 4.23. The van der Waals surface area contributed by atoms with Gasteiger partial charge in [0.05, 0.1) is 0 Å². The molecule has 0 unspecified atom stereocenters. The van der Waals surface area contributed by atoms with Crippen LogP contribution in [0.4, 0.5) is 62.7 Å². The zero-order valence-corrected chi connectivity index (χ0v) is 12.5. The minimum absolute atomic E-state index is 2.61. The van der Waals surface area contributed by atoms with Gasteiger partial charge in [-0.2, -0.15) is 0 Å². The third kappa shape index (κ3) is 0.838. The maximum Gasteiger partial charge on any atom is 0.167 e. The lowest BCUT2D eigenvalue weighted by Crippen LogP contribution is -3.51. The first-order valence-corrected chi connectivity index (χ1v) is 7.05. The molecule has 0 aromatic carbocycles. The fourth-order valence-corrected chi connectivity index (χ4v) is 8.37. The molecular weight excluding hydrogens is 460 g/mol. The predicted octanol–water partition coefficient (Wildman–Crippen LogP) is 2.34. The Bertz CT molecular complexity index is 704. The zero-order valence-electron chi connectivity index (χ0n) is 12.5. The van der Waals surface area contributed by atoms with Crippen molar-refractivity contribution < 1.29 is 62.7 Å². The SMILES string of the molecule is FN(F)C12C3C4(N(F)F)C1(N(F)F)C1(N(F)F)C2(N(F)F)C3(N(F)F)C41N(F)F. The summed E-state index contributed by atoms with van der Waals surface area (Å²) in [6.07, 6.45) is 0. The van der Waals surface area contributed by atoms with E-state index in [-0.39, 0.29) is 0 Å². The Morgan fingerprint density at radius 2 is 0.517 bits per heavy atom. The summed E-state index contributed by atoms with van der Waals surface area (Å²) in [5.74, 6) is -3.42. The molecule has 6 aliphatic rings. The van der Waals surface area contributed by atoms with Gasteiger partial charge in [0, 0.05) is 43.3 Å². The smallest absolute Gasteiger partial charge is 0.101 e. The Labute approximate surface area is 146 Å². The second-order valence-electron chi connectivity index (χ2n) is 7.20. The maximum absolute atomic E-state index is 13.7. The third-order valence-corrected chi connectivity index (χ3v) is 7.95. The Morgan fingerprint density at radius 1 is 0.310 bits per heavy atom. The number of rotatable bonds is 7. The van der Waals surface area contributed by atoms with Gasteiger partial charge in [0.1, 0.15) is 16.6 Å². The first-order chi connectivity index (χ1) is 13.2. The minimum Gasteiger partial charge on any atom is -0.101 e. The van der Waals surface area contributed by atoms with Crippen molar-refractivity contribution in [3.63, 3.8) is 0 Å².